The minimum atomic E-state index is 0.571. The maximum Gasteiger partial charge on any atom is 0.101 e. The first kappa shape index (κ1) is 8.36. The molecule has 0 unspecified atom stereocenters. The Morgan fingerprint density at radius 2 is 2.15 bits per heavy atom. The van der Waals surface area contributed by atoms with Gasteiger partial charge in [-0.3, -0.25) is 0 Å². The van der Waals surface area contributed by atoms with Crippen LogP contribution >= 0.6 is 22.9 Å². The predicted molar refractivity (Wildman–Crippen MR) is 56.0 cm³/mol. The number of nitriles is 1. The van der Waals surface area contributed by atoms with Gasteiger partial charge in [0.05, 0.1) is 15.3 Å². The van der Waals surface area contributed by atoms with Crippen LogP contribution in [0.4, 0.5) is 5.00 Å². The van der Waals surface area contributed by atoms with E-state index in [2.05, 4.69) is 6.07 Å². The predicted octanol–water partition coefficient (Wildman–Crippen LogP) is 3.01. The number of thiophene rings is 1. The number of fused-ring (bicyclic) bond motifs is 1. The molecular formula is C9H5ClN2S. The third kappa shape index (κ3) is 1.35. The fraction of sp³-hybridized carbons (Fsp3) is 0. The van der Waals surface area contributed by atoms with Gasteiger partial charge in [0.1, 0.15) is 6.07 Å². The van der Waals surface area contributed by atoms with Crippen LogP contribution in [0.1, 0.15) is 5.56 Å². The molecule has 0 amide bonds. The van der Waals surface area contributed by atoms with Gasteiger partial charge in [-0.05, 0) is 23.6 Å². The van der Waals surface area contributed by atoms with Crippen LogP contribution in [0.25, 0.3) is 10.1 Å². The Kier molecular flexibility index (Phi) is 1.87. The number of nitrogens with zero attached hydrogens (tertiary/aromatic N) is 1. The number of anilines is 1. The molecule has 1 heterocycles. The van der Waals surface area contributed by atoms with Gasteiger partial charge in [-0.25, -0.2) is 0 Å². The quantitative estimate of drug-likeness (QED) is 0.724. The lowest BCUT2D eigenvalue weighted by molar-refractivity contribution is 1.51. The molecule has 1 aromatic heterocycles. The number of nitrogens with two attached hydrogens (primary N) is 1. The third-order valence-electron chi connectivity index (χ3n) is 1.72. The van der Waals surface area contributed by atoms with Crippen molar-refractivity contribution in [1.82, 2.24) is 0 Å². The summed E-state index contributed by atoms with van der Waals surface area (Å²) in [5.74, 6) is 0. The molecule has 64 valence electrons. The van der Waals surface area contributed by atoms with E-state index in [1.165, 1.54) is 11.3 Å². The number of hydrogen-bond acceptors (Lipinski definition) is 3. The maximum absolute atomic E-state index is 8.83. The van der Waals surface area contributed by atoms with E-state index in [4.69, 9.17) is 22.6 Å². The third-order valence-corrected chi connectivity index (χ3v) is 2.95. The summed E-state index contributed by atoms with van der Waals surface area (Å²) in [5, 5.41) is 11.0. The highest BCUT2D eigenvalue weighted by Crippen LogP contribution is 2.32. The second-order valence-corrected chi connectivity index (χ2v) is 4.15. The smallest absolute Gasteiger partial charge is 0.101 e. The Bertz CT molecular complexity index is 510. The largest absolute Gasteiger partial charge is 0.391 e. The molecule has 0 atom stereocenters. The Labute approximate surface area is 84.2 Å². The molecule has 0 radical (unpaired) electrons. The van der Waals surface area contributed by atoms with Crippen LogP contribution in [0.2, 0.25) is 5.02 Å². The summed E-state index contributed by atoms with van der Waals surface area (Å²) in [5.41, 5.74) is 6.22. The molecule has 0 aliphatic rings. The zero-order valence-corrected chi connectivity index (χ0v) is 8.12. The summed E-state index contributed by atoms with van der Waals surface area (Å²) in [6, 6.07) is 7.38. The van der Waals surface area contributed by atoms with Gasteiger partial charge < -0.3 is 5.73 Å². The normalized spacial score (nSPS) is 10.2. The zero-order valence-electron chi connectivity index (χ0n) is 6.54. The van der Waals surface area contributed by atoms with Crippen molar-refractivity contribution in [2.24, 2.45) is 0 Å². The van der Waals surface area contributed by atoms with Crippen molar-refractivity contribution in [2.75, 3.05) is 5.73 Å². The topological polar surface area (TPSA) is 49.8 Å². The Morgan fingerprint density at radius 1 is 1.38 bits per heavy atom. The van der Waals surface area contributed by atoms with E-state index < -0.39 is 0 Å². The second kappa shape index (κ2) is 2.91. The Morgan fingerprint density at radius 3 is 2.85 bits per heavy atom. The molecular weight excluding hydrogens is 204 g/mol. The van der Waals surface area contributed by atoms with Crippen LogP contribution in [-0.4, -0.2) is 0 Å². The van der Waals surface area contributed by atoms with Gasteiger partial charge in [0.25, 0.3) is 0 Å². The summed E-state index contributed by atoms with van der Waals surface area (Å²) < 4.78 is 0.907. The van der Waals surface area contributed by atoms with Crippen LogP contribution in [0.3, 0.4) is 0 Å². The van der Waals surface area contributed by atoms with Crippen molar-refractivity contribution < 1.29 is 0 Å². The molecule has 2 N–H and O–H groups in total. The SMILES string of the molecule is N#Cc1cc(Cl)cc2cc(N)sc12. The molecule has 0 spiro atoms. The standard InChI is InChI=1S/C9H5ClN2S/c10-7-1-5-3-8(12)13-9(5)6(2-7)4-11/h1-3H,12H2. The number of rotatable bonds is 0. The van der Waals surface area contributed by atoms with Gasteiger partial charge in [0.2, 0.25) is 0 Å². The first-order chi connectivity index (χ1) is 6.20. The molecule has 2 rings (SSSR count). The van der Waals surface area contributed by atoms with Crippen LogP contribution in [0, 0.1) is 11.3 Å². The lowest BCUT2D eigenvalue weighted by Gasteiger charge is -1.93. The van der Waals surface area contributed by atoms with Crippen LogP contribution in [0.5, 0.6) is 0 Å². The van der Waals surface area contributed by atoms with Crippen LogP contribution < -0.4 is 5.73 Å². The fourth-order valence-corrected chi connectivity index (χ4v) is 2.32. The highest BCUT2D eigenvalue weighted by Gasteiger charge is 2.05. The van der Waals surface area contributed by atoms with Gasteiger partial charge >= 0.3 is 0 Å². The van der Waals surface area contributed by atoms with E-state index in [0.717, 1.165) is 10.1 Å². The van der Waals surface area contributed by atoms with E-state index in [0.29, 0.717) is 15.6 Å². The van der Waals surface area contributed by atoms with Crippen molar-refractivity contribution in [3.8, 4) is 6.07 Å². The molecule has 13 heavy (non-hydrogen) atoms. The van der Waals surface area contributed by atoms with Crippen LogP contribution in [-0.2, 0) is 0 Å². The first-order valence-corrected chi connectivity index (χ1v) is 4.79. The number of benzene rings is 1. The zero-order chi connectivity index (χ0) is 9.42. The van der Waals surface area contributed by atoms with Gasteiger partial charge in [-0.1, -0.05) is 11.6 Å². The van der Waals surface area contributed by atoms with Crippen molar-refractivity contribution in [1.29, 1.82) is 5.26 Å². The van der Waals surface area contributed by atoms with Gasteiger partial charge in [0, 0.05) is 5.02 Å². The van der Waals surface area contributed by atoms with Crippen molar-refractivity contribution in [2.45, 2.75) is 0 Å². The molecule has 0 aliphatic carbocycles. The summed E-state index contributed by atoms with van der Waals surface area (Å²) in [6.07, 6.45) is 0. The van der Waals surface area contributed by atoms with E-state index in [9.17, 15) is 0 Å². The number of halogens is 1. The van der Waals surface area contributed by atoms with Crippen molar-refractivity contribution >= 4 is 38.0 Å². The van der Waals surface area contributed by atoms with E-state index >= 15 is 0 Å². The van der Waals surface area contributed by atoms with Gasteiger partial charge in [-0.15, -0.1) is 11.3 Å². The average Bonchev–Trinajstić information content (AvgIpc) is 2.43. The second-order valence-electron chi connectivity index (χ2n) is 2.63. The molecule has 4 heteroatoms. The average molecular weight is 209 g/mol. The summed E-state index contributed by atoms with van der Waals surface area (Å²) in [4.78, 5) is 0. The summed E-state index contributed by atoms with van der Waals surface area (Å²) in [7, 11) is 0. The number of hydrogen-bond donors (Lipinski definition) is 1. The molecule has 0 fully saturated rings. The molecule has 0 saturated heterocycles. The van der Waals surface area contributed by atoms with E-state index in [1.807, 2.05) is 12.1 Å². The minimum absolute atomic E-state index is 0.571. The van der Waals surface area contributed by atoms with E-state index in [-0.39, 0.29) is 0 Å². The maximum atomic E-state index is 8.83. The highest BCUT2D eigenvalue weighted by molar-refractivity contribution is 7.22. The van der Waals surface area contributed by atoms with Gasteiger partial charge in [0.15, 0.2) is 0 Å². The summed E-state index contributed by atoms with van der Waals surface area (Å²) in [6.45, 7) is 0. The minimum Gasteiger partial charge on any atom is -0.391 e. The highest BCUT2D eigenvalue weighted by atomic mass is 35.5. The summed E-state index contributed by atoms with van der Waals surface area (Å²) >= 11 is 7.23. The lowest BCUT2D eigenvalue weighted by atomic mass is 10.2. The molecule has 2 aromatic rings. The monoisotopic (exact) mass is 208 g/mol. The van der Waals surface area contributed by atoms with Crippen LogP contribution in [0.15, 0.2) is 18.2 Å². The Balaban J connectivity index is 2.90. The molecule has 1 aromatic carbocycles. The van der Waals surface area contributed by atoms with Crippen molar-refractivity contribution in [3.05, 3.63) is 28.8 Å². The van der Waals surface area contributed by atoms with E-state index in [1.54, 1.807) is 6.07 Å². The fourth-order valence-electron chi connectivity index (χ4n) is 1.22. The molecule has 0 aliphatic heterocycles. The number of nitrogen functional groups attached to an aromatic ring is 1. The Hall–Kier alpha value is -1.24. The molecule has 0 bridgehead atoms. The lowest BCUT2D eigenvalue weighted by Crippen LogP contribution is -1.73. The molecule has 0 saturated carbocycles. The van der Waals surface area contributed by atoms with Gasteiger partial charge in [-0.2, -0.15) is 5.26 Å². The first-order valence-electron chi connectivity index (χ1n) is 3.59. The van der Waals surface area contributed by atoms with Crippen molar-refractivity contribution in [3.63, 3.8) is 0 Å². The molecule has 2 nitrogen and oxygen atoms in total.